The summed E-state index contributed by atoms with van der Waals surface area (Å²) in [6, 6.07) is 9.73. The minimum atomic E-state index is -3.78. The van der Waals surface area contributed by atoms with Crippen molar-refractivity contribution < 1.29 is 22.0 Å². The standard InChI is InChI=1S/C16H15BrF2N2O3S/c1-25(23,24)21(9-11-4-2-3-5-13(11)18)10-16(22)20-15-7-6-12(17)8-14(15)19/h2-8H,9-10H2,1H3,(H,20,22). The number of rotatable bonds is 6. The van der Waals surface area contributed by atoms with Gasteiger partial charge in [-0.2, -0.15) is 4.31 Å². The summed E-state index contributed by atoms with van der Waals surface area (Å²) >= 11 is 3.10. The Hall–Kier alpha value is -1.84. The molecule has 9 heteroatoms. The molecule has 0 bridgehead atoms. The molecule has 0 aromatic heterocycles. The van der Waals surface area contributed by atoms with Crippen LogP contribution in [0.2, 0.25) is 0 Å². The fourth-order valence-electron chi connectivity index (χ4n) is 2.05. The van der Waals surface area contributed by atoms with Gasteiger partial charge in [-0.25, -0.2) is 17.2 Å². The summed E-state index contributed by atoms with van der Waals surface area (Å²) < 4.78 is 52.6. The Morgan fingerprint density at radius 1 is 1.16 bits per heavy atom. The summed E-state index contributed by atoms with van der Waals surface area (Å²) in [5.74, 6) is -1.97. The van der Waals surface area contributed by atoms with Gasteiger partial charge < -0.3 is 5.32 Å². The predicted molar refractivity (Wildman–Crippen MR) is 94.4 cm³/mol. The van der Waals surface area contributed by atoms with Crippen LogP contribution in [0.5, 0.6) is 0 Å². The molecule has 0 saturated heterocycles. The van der Waals surface area contributed by atoms with Gasteiger partial charge in [0.15, 0.2) is 0 Å². The van der Waals surface area contributed by atoms with Gasteiger partial charge in [-0.1, -0.05) is 34.1 Å². The molecule has 0 saturated carbocycles. The van der Waals surface area contributed by atoms with Gasteiger partial charge in [0.1, 0.15) is 11.6 Å². The lowest BCUT2D eigenvalue weighted by molar-refractivity contribution is -0.116. The average Bonchev–Trinajstić information content (AvgIpc) is 2.50. The van der Waals surface area contributed by atoms with Gasteiger partial charge in [0.05, 0.1) is 18.5 Å². The lowest BCUT2D eigenvalue weighted by atomic mass is 10.2. The van der Waals surface area contributed by atoms with Gasteiger partial charge in [0.25, 0.3) is 0 Å². The third-order valence-corrected chi connectivity index (χ3v) is 4.99. The van der Waals surface area contributed by atoms with Gasteiger partial charge in [0, 0.05) is 16.6 Å². The Morgan fingerprint density at radius 3 is 2.44 bits per heavy atom. The fraction of sp³-hybridized carbons (Fsp3) is 0.188. The van der Waals surface area contributed by atoms with E-state index in [0.717, 1.165) is 10.6 Å². The maximum absolute atomic E-state index is 13.8. The molecule has 5 nitrogen and oxygen atoms in total. The third-order valence-electron chi connectivity index (χ3n) is 3.30. The van der Waals surface area contributed by atoms with Crippen LogP contribution in [-0.2, 0) is 21.4 Å². The number of amides is 1. The highest BCUT2D eigenvalue weighted by Crippen LogP contribution is 2.19. The molecule has 0 atom stereocenters. The van der Waals surface area contributed by atoms with Crippen molar-refractivity contribution in [2.24, 2.45) is 0 Å². The van der Waals surface area contributed by atoms with E-state index >= 15 is 0 Å². The van der Waals surface area contributed by atoms with E-state index in [1.54, 1.807) is 6.07 Å². The molecule has 2 rings (SSSR count). The van der Waals surface area contributed by atoms with Crippen molar-refractivity contribution in [2.75, 3.05) is 18.1 Å². The Bertz CT molecular complexity index is 891. The number of hydrogen-bond acceptors (Lipinski definition) is 3. The second-order valence-electron chi connectivity index (χ2n) is 5.29. The second kappa shape index (κ2) is 8.03. The molecule has 2 aromatic rings. The van der Waals surface area contributed by atoms with E-state index in [2.05, 4.69) is 21.2 Å². The van der Waals surface area contributed by atoms with Gasteiger partial charge in [0.2, 0.25) is 15.9 Å². The quantitative estimate of drug-likeness (QED) is 0.762. The molecular weight excluding hydrogens is 418 g/mol. The van der Waals surface area contributed by atoms with Crippen LogP contribution in [0, 0.1) is 11.6 Å². The van der Waals surface area contributed by atoms with Crippen molar-refractivity contribution in [3.05, 3.63) is 64.1 Å². The summed E-state index contributed by atoms with van der Waals surface area (Å²) in [6.45, 7) is -0.871. The molecule has 25 heavy (non-hydrogen) atoms. The van der Waals surface area contributed by atoms with Crippen LogP contribution in [0.15, 0.2) is 46.9 Å². The number of sulfonamides is 1. The molecule has 0 heterocycles. The first kappa shape index (κ1) is 19.5. The van der Waals surface area contributed by atoms with Crippen molar-refractivity contribution in [2.45, 2.75) is 6.54 Å². The number of halogens is 3. The van der Waals surface area contributed by atoms with Crippen molar-refractivity contribution in [1.82, 2.24) is 4.31 Å². The van der Waals surface area contributed by atoms with Gasteiger partial charge in [-0.15, -0.1) is 0 Å². The first-order valence-electron chi connectivity index (χ1n) is 7.10. The summed E-state index contributed by atoms with van der Waals surface area (Å²) in [7, 11) is -3.78. The van der Waals surface area contributed by atoms with Crippen LogP contribution in [0.1, 0.15) is 5.56 Å². The summed E-state index contributed by atoms with van der Waals surface area (Å²) in [6.07, 6.45) is 0.918. The number of nitrogens with zero attached hydrogens (tertiary/aromatic N) is 1. The van der Waals surface area contributed by atoms with Crippen molar-refractivity contribution in [3.8, 4) is 0 Å². The topological polar surface area (TPSA) is 66.5 Å². The molecule has 0 aliphatic carbocycles. The van der Waals surface area contributed by atoms with Crippen LogP contribution in [0.25, 0.3) is 0 Å². The minimum absolute atomic E-state index is 0.0763. The number of carbonyl (C=O) groups excluding carboxylic acids is 1. The Labute approximate surface area is 152 Å². The second-order valence-corrected chi connectivity index (χ2v) is 8.19. The first-order chi connectivity index (χ1) is 11.7. The molecule has 134 valence electrons. The molecular formula is C16H15BrF2N2O3S. The van der Waals surface area contributed by atoms with E-state index in [1.807, 2.05) is 0 Å². The molecule has 0 unspecified atom stereocenters. The lowest BCUT2D eigenvalue weighted by Gasteiger charge is -2.20. The SMILES string of the molecule is CS(=O)(=O)N(CC(=O)Nc1ccc(Br)cc1F)Cc1ccccc1F. The van der Waals surface area contributed by atoms with Crippen molar-refractivity contribution >= 4 is 37.5 Å². The van der Waals surface area contributed by atoms with Crippen molar-refractivity contribution in [3.63, 3.8) is 0 Å². The van der Waals surface area contributed by atoms with Crippen LogP contribution >= 0.6 is 15.9 Å². The Balaban J connectivity index is 2.14. The summed E-state index contributed by atoms with van der Waals surface area (Å²) in [4.78, 5) is 12.1. The lowest BCUT2D eigenvalue weighted by Crippen LogP contribution is -2.37. The fourth-order valence-corrected chi connectivity index (χ4v) is 3.11. The molecule has 2 aromatic carbocycles. The highest BCUT2D eigenvalue weighted by atomic mass is 79.9. The van der Waals surface area contributed by atoms with Crippen molar-refractivity contribution in [1.29, 1.82) is 0 Å². The third kappa shape index (κ3) is 5.58. The molecule has 0 radical (unpaired) electrons. The maximum Gasteiger partial charge on any atom is 0.239 e. The zero-order valence-corrected chi connectivity index (χ0v) is 15.6. The highest BCUT2D eigenvalue weighted by molar-refractivity contribution is 9.10. The maximum atomic E-state index is 13.8. The van der Waals surface area contributed by atoms with Crippen LogP contribution in [0.4, 0.5) is 14.5 Å². The Kier molecular flexibility index (Phi) is 6.26. The number of nitrogens with one attached hydrogen (secondary N) is 1. The smallest absolute Gasteiger partial charge is 0.239 e. The monoisotopic (exact) mass is 432 g/mol. The summed E-state index contributed by atoms with van der Waals surface area (Å²) in [5.41, 5.74) is 0.0584. The molecule has 1 N–H and O–H groups in total. The van der Waals surface area contributed by atoms with Crippen LogP contribution in [-0.4, -0.2) is 31.4 Å². The van der Waals surface area contributed by atoms with Gasteiger partial charge in [-0.05, 0) is 24.3 Å². The summed E-state index contributed by atoms with van der Waals surface area (Å²) in [5, 5.41) is 2.31. The van der Waals surface area contributed by atoms with E-state index in [9.17, 15) is 22.0 Å². The van der Waals surface area contributed by atoms with E-state index in [-0.39, 0.29) is 17.8 Å². The van der Waals surface area contributed by atoms with E-state index in [4.69, 9.17) is 0 Å². The first-order valence-corrected chi connectivity index (χ1v) is 9.74. The van der Waals surface area contributed by atoms with E-state index < -0.39 is 34.1 Å². The largest absolute Gasteiger partial charge is 0.322 e. The highest BCUT2D eigenvalue weighted by Gasteiger charge is 2.22. The van der Waals surface area contributed by atoms with Gasteiger partial charge >= 0.3 is 0 Å². The zero-order chi connectivity index (χ0) is 18.6. The van der Waals surface area contributed by atoms with E-state index in [1.165, 1.54) is 36.4 Å². The Morgan fingerprint density at radius 2 is 1.84 bits per heavy atom. The number of carbonyl (C=O) groups is 1. The number of anilines is 1. The minimum Gasteiger partial charge on any atom is -0.322 e. The van der Waals surface area contributed by atoms with Gasteiger partial charge in [-0.3, -0.25) is 4.79 Å². The number of hydrogen-bond donors (Lipinski definition) is 1. The average molecular weight is 433 g/mol. The molecule has 1 amide bonds. The predicted octanol–water partition coefficient (Wildman–Crippen LogP) is 3.13. The number of benzene rings is 2. The molecule has 0 aliphatic rings. The zero-order valence-electron chi connectivity index (χ0n) is 13.2. The molecule has 0 aliphatic heterocycles. The van der Waals surface area contributed by atoms with Crippen LogP contribution in [0.3, 0.4) is 0 Å². The molecule has 0 spiro atoms. The molecule has 0 fully saturated rings. The van der Waals surface area contributed by atoms with Crippen LogP contribution < -0.4 is 5.32 Å². The van der Waals surface area contributed by atoms with E-state index in [0.29, 0.717) is 4.47 Å². The normalized spacial score (nSPS) is 11.6.